The van der Waals surface area contributed by atoms with Crippen molar-refractivity contribution in [3.63, 3.8) is 0 Å². The molecular weight excluding hydrogens is 376 g/mol. The van der Waals surface area contributed by atoms with Crippen LogP contribution in [-0.2, 0) is 0 Å². The molecule has 1 amide bonds. The topological polar surface area (TPSA) is 97.0 Å². The van der Waals surface area contributed by atoms with Crippen LogP contribution in [0.25, 0.3) is 10.6 Å². The highest BCUT2D eigenvalue weighted by Crippen LogP contribution is 2.29. The maximum absolute atomic E-state index is 12.6. The van der Waals surface area contributed by atoms with E-state index >= 15 is 0 Å². The molecule has 4 rings (SSSR count). The maximum atomic E-state index is 12.6. The molecule has 28 heavy (non-hydrogen) atoms. The average molecular weight is 398 g/mol. The molecule has 3 aromatic heterocycles. The van der Waals surface area contributed by atoms with Gasteiger partial charge < -0.3 is 14.7 Å². The molecule has 146 valence electrons. The zero-order valence-electron chi connectivity index (χ0n) is 16.3. The Morgan fingerprint density at radius 1 is 1.25 bits per heavy atom. The van der Waals surface area contributed by atoms with Crippen LogP contribution < -0.4 is 10.2 Å². The molecule has 4 heterocycles. The fourth-order valence-corrected chi connectivity index (χ4v) is 4.41. The lowest BCUT2D eigenvalue weighted by atomic mass is 10.1. The quantitative estimate of drug-likeness (QED) is 0.722. The Morgan fingerprint density at radius 3 is 2.75 bits per heavy atom. The minimum atomic E-state index is -0.145. The number of carbonyl (C=O) groups is 1. The summed E-state index contributed by atoms with van der Waals surface area (Å²) in [5, 5.41) is 7.95. The molecule has 1 saturated heterocycles. The Balaban J connectivity index is 1.47. The largest absolute Gasteiger partial charge is 0.361 e. The Morgan fingerprint density at radius 2 is 2.07 bits per heavy atom. The van der Waals surface area contributed by atoms with Crippen molar-refractivity contribution in [1.29, 1.82) is 0 Å². The van der Waals surface area contributed by atoms with Gasteiger partial charge in [-0.05, 0) is 40.2 Å². The number of hydrogen-bond acceptors (Lipinski definition) is 8. The molecule has 0 aliphatic carbocycles. The first-order valence-electron chi connectivity index (χ1n) is 9.18. The minimum absolute atomic E-state index is 0.0286. The molecule has 0 bridgehead atoms. The van der Waals surface area contributed by atoms with Crippen LogP contribution in [0.4, 0.5) is 5.95 Å². The van der Waals surface area contributed by atoms with Gasteiger partial charge in [0.1, 0.15) is 11.3 Å². The summed E-state index contributed by atoms with van der Waals surface area (Å²) in [5.41, 5.74) is 3.00. The van der Waals surface area contributed by atoms with E-state index in [0.717, 1.165) is 34.2 Å². The van der Waals surface area contributed by atoms with Crippen molar-refractivity contribution in [2.75, 3.05) is 18.0 Å². The number of amides is 1. The van der Waals surface area contributed by atoms with E-state index in [1.165, 1.54) is 0 Å². The number of rotatable bonds is 4. The van der Waals surface area contributed by atoms with Crippen LogP contribution in [0.5, 0.6) is 0 Å². The molecule has 0 saturated carbocycles. The first-order chi connectivity index (χ1) is 13.4. The number of hydrogen-bond donors (Lipinski definition) is 1. The van der Waals surface area contributed by atoms with Crippen LogP contribution in [0.3, 0.4) is 0 Å². The summed E-state index contributed by atoms with van der Waals surface area (Å²) in [4.78, 5) is 29.4. The van der Waals surface area contributed by atoms with Gasteiger partial charge in [-0.15, -0.1) is 11.3 Å². The number of thiazole rings is 1. The standard InChI is InChI=1S/C19H22N6O2S/c1-10-16(12(3)27-24-10)18(26)22-14-6-8-25(9-14)19-20-7-5-15(23-19)17-11(2)21-13(4)28-17/h5,7,14H,6,8-9H2,1-4H3,(H,22,26). The summed E-state index contributed by atoms with van der Waals surface area (Å²) in [6.07, 6.45) is 2.61. The minimum Gasteiger partial charge on any atom is -0.361 e. The molecule has 8 nitrogen and oxygen atoms in total. The van der Waals surface area contributed by atoms with Crippen molar-refractivity contribution in [3.05, 3.63) is 40.0 Å². The van der Waals surface area contributed by atoms with Crippen molar-refractivity contribution in [2.24, 2.45) is 0 Å². The SMILES string of the molecule is Cc1nc(C)c(-c2ccnc(N3CCC(NC(=O)c4c(C)noc4C)C3)n2)s1. The van der Waals surface area contributed by atoms with Gasteiger partial charge in [-0.3, -0.25) is 4.79 Å². The van der Waals surface area contributed by atoms with Crippen LogP contribution in [0.2, 0.25) is 0 Å². The molecule has 1 N–H and O–H groups in total. The summed E-state index contributed by atoms with van der Waals surface area (Å²) < 4.78 is 5.09. The second kappa shape index (κ2) is 7.31. The van der Waals surface area contributed by atoms with Crippen LogP contribution in [0, 0.1) is 27.7 Å². The third-order valence-electron chi connectivity index (χ3n) is 4.85. The van der Waals surface area contributed by atoms with Crippen molar-refractivity contribution >= 4 is 23.2 Å². The number of nitrogens with zero attached hydrogens (tertiary/aromatic N) is 5. The molecule has 9 heteroatoms. The average Bonchev–Trinajstić information content (AvgIpc) is 3.34. The summed E-state index contributed by atoms with van der Waals surface area (Å²) in [5.74, 6) is 1.07. The van der Waals surface area contributed by atoms with E-state index in [1.807, 2.05) is 19.9 Å². The first kappa shape index (κ1) is 18.5. The van der Waals surface area contributed by atoms with Crippen LogP contribution in [0.1, 0.15) is 38.9 Å². The van der Waals surface area contributed by atoms with Gasteiger partial charge in [0.15, 0.2) is 0 Å². The van der Waals surface area contributed by atoms with Crippen molar-refractivity contribution < 1.29 is 9.32 Å². The molecule has 1 aliphatic heterocycles. The first-order valence-corrected chi connectivity index (χ1v) is 10.00. The van der Waals surface area contributed by atoms with Gasteiger partial charge in [-0.25, -0.2) is 15.0 Å². The zero-order valence-corrected chi connectivity index (χ0v) is 17.1. The van der Waals surface area contributed by atoms with Gasteiger partial charge in [0.05, 0.1) is 27.0 Å². The van der Waals surface area contributed by atoms with Crippen LogP contribution in [-0.4, -0.2) is 45.1 Å². The third kappa shape index (κ3) is 3.49. The van der Waals surface area contributed by atoms with Gasteiger partial charge in [-0.2, -0.15) is 0 Å². The lowest BCUT2D eigenvalue weighted by Gasteiger charge is -2.17. The summed E-state index contributed by atoms with van der Waals surface area (Å²) >= 11 is 1.64. The van der Waals surface area contributed by atoms with Gasteiger partial charge in [0.2, 0.25) is 5.95 Å². The molecule has 1 aliphatic rings. The highest BCUT2D eigenvalue weighted by molar-refractivity contribution is 7.15. The number of nitrogens with one attached hydrogen (secondary N) is 1. The highest BCUT2D eigenvalue weighted by atomic mass is 32.1. The Labute approximate surface area is 167 Å². The van der Waals surface area contributed by atoms with E-state index < -0.39 is 0 Å². The van der Waals surface area contributed by atoms with E-state index in [9.17, 15) is 4.79 Å². The zero-order chi connectivity index (χ0) is 19.8. The molecule has 0 radical (unpaired) electrons. The number of anilines is 1. The second-order valence-corrected chi connectivity index (χ2v) is 8.20. The third-order valence-corrected chi connectivity index (χ3v) is 5.94. The monoisotopic (exact) mass is 398 g/mol. The normalized spacial score (nSPS) is 16.6. The van der Waals surface area contributed by atoms with E-state index in [-0.39, 0.29) is 11.9 Å². The summed E-state index contributed by atoms with van der Waals surface area (Å²) in [6, 6.07) is 1.94. The van der Waals surface area contributed by atoms with Crippen LogP contribution in [0.15, 0.2) is 16.8 Å². The maximum Gasteiger partial charge on any atom is 0.257 e. The van der Waals surface area contributed by atoms with Crippen molar-refractivity contribution in [3.8, 4) is 10.6 Å². The number of carbonyl (C=O) groups excluding carboxylic acids is 1. The molecule has 0 aromatic carbocycles. The number of aryl methyl sites for hydroxylation is 4. The van der Waals surface area contributed by atoms with E-state index in [2.05, 4.69) is 25.3 Å². The smallest absolute Gasteiger partial charge is 0.257 e. The molecule has 3 aromatic rings. The Bertz CT molecular complexity index is 1010. The lowest BCUT2D eigenvalue weighted by molar-refractivity contribution is 0.0938. The van der Waals surface area contributed by atoms with Gasteiger partial charge in [0.25, 0.3) is 5.91 Å². The second-order valence-electron chi connectivity index (χ2n) is 6.99. The van der Waals surface area contributed by atoms with E-state index in [4.69, 9.17) is 9.51 Å². The van der Waals surface area contributed by atoms with Gasteiger partial charge in [0, 0.05) is 25.3 Å². The Hall–Kier alpha value is -2.81. The van der Waals surface area contributed by atoms with Gasteiger partial charge in [-0.1, -0.05) is 5.16 Å². The molecule has 1 unspecified atom stereocenters. The predicted molar refractivity (Wildman–Crippen MR) is 107 cm³/mol. The lowest BCUT2D eigenvalue weighted by Crippen LogP contribution is -2.37. The van der Waals surface area contributed by atoms with Crippen molar-refractivity contribution in [1.82, 2.24) is 25.4 Å². The number of aromatic nitrogens is 4. The molecule has 1 atom stereocenters. The van der Waals surface area contributed by atoms with Crippen molar-refractivity contribution in [2.45, 2.75) is 40.2 Å². The van der Waals surface area contributed by atoms with E-state index in [1.54, 1.807) is 31.4 Å². The molecule has 0 spiro atoms. The van der Waals surface area contributed by atoms with Crippen LogP contribution >= 0.6 is 11.3 Å². The van der Waals surface area contributed by atoms with Gasteiger partial charge >= 0.3 is 0 Å². The fraction of sp³-hybridized carbons (Fsp3) is 0.421. The summed E-state index contributed by atoms with van der Waals surface area (Å²) in [7, 11) is 0. The Kier molecular flexibility index (Phi) is 4.84. The predicted octanol–water partition coefficient (Wildman–Crippen LogP) is 2.83. The highest BCUT2D eigenvalue weighted by Gasteiger charge is 2.28. The fourth-order valence-electron chi connectivity index (χ4n) is 3.52. The molecule has 1 fully saturated rings. The summed E-state index contributed by atoms with van der Waals surface area (Å²) in [6.45, 7) is 8.97. The van der Waals surface area contributed by atoms with E-state index in [0.29, 0.717) is 29.5 Å². The molecular formula is C19H22N6O2S.